The van der Waals surface area contributed by atoms with Crippen molar-refractivity contribution in [1.82, 2.24) is 20.2 Å². The summed E-state index contributed by atoms with van der Waals surface area (Å²) in [6, 6.07) is 0. The van der Waals surface area contributed by atoms with Crippen LogP contribution in [0.15, 0.2) is 9.05 Å². The highest BCUT2D eigenvalue weighted by Gasteiger charge is 2.22. The van der Waals surface area contributed by atoms with Gasteiger partial charge in [-0.25, -0.2) is 0 Å². The first-order valence-corrected chi connectivity index (χ1v) is 8.85. The monoisotopic (exact) mass is 347 g/mol. The maximum absolute atomic E-state index is 12.6. The van der Waals surface area contributed by atoms with Crippen molar-refractivity contribution in [1.29, 1.82) is 0 Å². The Labute approximate surface area is 147 Å². The summed E-state index contributed by atoms with van der Waals surface area (Å²) in [5.41, 5.74) is 1.92. The third-order valence-corrected chi connectivity index (χ3v) is 4.66. The molecule has 0 spiro atoms. The summed E-state index contributed by atoms with van der Waals surface area (Å²) in [7, 11) is 0. The summed E-state index contributed by atoms with van der Waals surface area (Å²) in [5, 5.41) is 7.98. The highest BCUT2D eigenvalue weighted by Crippen LogP contribution is 2.17. The van der Waals surface area contributed by atoms with Crippen LogP contribution in [0.3, 0.4) is 0 Å². The summed E-state index contributed by atoms with van der Waals surface area (Å²) < 4.78 is 10.3. The molecule has 1 amide bonds. The second-order valence-electron chi connectivity index (χ2n) is 6.37. The van der Waals surface area contributed by atoms with E-state index in [-0.39, 0.29) is 5.91 Å². The maximum atomic E-state index is 12.6. The number of hydrogen-bond donors (Lipinski definition) is 0. The third-order valence-electron chi connectivity index (χ3n) is 4.66. The molecular formula is C17H25N5O3. The van der Waals surface area contributed by atoms with Gasteiger partial charge in [0.2, 0.25) is 11.8 Å². The van der Waals surface area contributed by atoms with Gasteiger partial charge in [0.05, 0.1) is 5.69 Å². The van der Waals surface area contributed by atoms with Crippen LogP contribution in [-0.2, 0) is 17.6 Å². The average Bonchev–Trinajstić information content (AvgIpc) is 3.12. The Balaban J connectivity index is 1.54. The van der Waals surface area contributed by atoms with Crippen molar-refractivity contribution in [2.45, 2.75) is 46.5 Å². The molecule has 0 aromatic carbocycles. The van der Waals surface area contributed by atoms with Crippen LogP contribution in [0.2, 0.25) is 0 Å². The molecule has 136 valence electrons. The molecule has 8 heteroatoms. The standard InChI is InChI=1S/C17H25N5O3/c1-4-15-18-17(20-25-15)22-9-5-8-21(10-11-22)16(23)7-6-14-12(2)19-24-13(14)3/h4-11H2,1-3H3. The van der Waals surface area contributed by atoms with Gasteiger partial charge in [-0.1, -0.05) is 12.1 Å². The lowest BCUT2D eigenvalue weighted by Gasteiger charge is -2.21. The lowest BCUT2D eigenvalue weighted by Crippen LogP contribution is -2.35. The predicted octanol–water partition coefficient (Wildman–Crippen LogP) is 1.91. The number of nitrogens with zero attached hydrogens (tertiary/aromatic N) is 5. The number of carbonyl (C=O) groups excluding carboxylic acids is 1. The van der Waals surface area contributed by atoms with Crippen molar-refractivity contribution in [3.8, 4) is 0 Å². The van der Waals surface area contributed by atoms with Crippen LogP contribution in [-0.4, -0.2) is 52.3 Å². The molecule has 0 saturated carbocycles. The van der Waals surface area contributed by atoms with E-state index in [0.29, 0.717) is 31.2 Å². The molecule has 1 aliphatic rings. The van der Waals surface area contributed by atoms with Crippen molar-refractivity contribution >= 4 is 11.9 Å². The normalized spacial score (nSPS) is 15.5. The highest BCUT2D eigenvalue weighted by atomic mass is 16.5. The van der Waals surface area contributed by atoms with Gasteiger partial charge in [-0.05, 0) is 31.8 Å². The number of anilines is 1. The summed E-state index contributed by atoms with van der Waals surface area (Å²) >= 11 is 0. The molecule has 0 unspecified atom stereocenters. The van der Waals surface area contributed by atoms with Gasteiger partial charge in [-0.2, -0.15) is 4.98 Å². The van der Waals surface area contributed by atoms with E-state index in [1.807, 2.05) is 25.7 Å². The van der Waals surface area contributed by atoms with Gasteiger partial charge < -0.3 is 18.8 Å². The topological polar surface area (TPSA) is 88.5 Å². The van der Waals surface area contributed by atoms with Crippen LogP contribution in [0, 0.1) is 13.8 Å². The van der Waals surface area contributed by atoms with E-state index in [1.165, 1.54) is 0 Å². The van der Waals surface area contributed by atoms with Crippen molar-refractivity contribution in [2.75, 3.05) is 31.1 Å². The average molecular weight is 347 g/mol. The second-order valence-corrected chi connectivity index (χ2v) is 6.37. The van der Waals surface area contributed by atoms with E-state index in [2.05, 4.69) is 20.2 Å². The predicted molar refractivity (Wildman–Crippen MR) is 91.4 cm³/mol. The quantitative estimate of drug-likeness (QED) is 0.816. The Hall–Kier alpha value is -2.38. The fourth-order valence-corrected chi connectivity index (χ4v) is 3.13. The molecule has 0 atom stereocenters. The number of aromatic nitrogens is 3. The van der Waals surface area contributed by atoms with Crippen molar-refractivity contribution < 1.29 is 13.8 Å². The molecule has 2 aromatic rings. The molecule has 0 N–H and O–H groups in total. The largest absolute Gasteiger partial charge is 0.361 e. The molecule has 0 aliphatic carbocycles. The van der Waals surface area contributed by atoms with Gasteiger partial charge in [0.1, 0.15) is 5.76 Å². The summed E-state index contributed by atoms with van der Waals surface area (Å²) in [6.07, 6.45) is 2.77. The Kier molecular flexibility index (Phi) is 5.35. The molecule has 3 rings (SSSR count). The van der Waals surface area contributed by atoms with Crippen LogP contribution in [0.5, 0.6) is 0 Å². The SMILES string of the molecule is CCc1nc(N2CCCN(C(=O)CCc3c(C)noc3C)CC2)no1. The fraction of sp³-hybridized carbons (Fsp3) is 0.647. The Morgan fingerprint density at radius 1 is 1.12 bits per heavy atom. The van der Waals surface area contributed by atoms with E-state index in [9.17, 15) is 4.79 Å². The highest BCUT2D eigenvalue weighted by molar-refractivity contribution is 5.76. The van der Waals surface area contributed by atoms with Crippen LogP contribution in [0.4, 0.5) is 5.95 Å². The lowest BCUT2D eigenvalue weighted by molar-refractivity contribution is -0.130. The van der Waals surface area contributed by atoms with Crippen LogP contribution in [0.1, 0.15) is 42.7 Å². The Bertz CT molecular complexity index is 704. The molecule has 25 heavy (non-hydrogen) atoms. The first kappa shape index (κ1) is 17.4. The zero-order chi connectivity index (χ0) is 17.8. The van der Waals surface area contributed by atoms with E-state index < -0.39 is 0 Å². The minimum Gasteiger partial charge on any atom is -0.361 e. The molecule has 1 saturated heterocycles. The van der Waals surface area contributed by atoms with E-state index >= 15 is 0 Å². The fourth-order valence-electron chi connectivity index (χ4n) is 3.13. The zero-order valence-electron chi connectivity index (χ0n) is 15.1. The van der Waals surface area contributed by atoms with Crippen molar-refractivity contribution in [3.63, 3.8) is 0 Å². The summed E-state index contributed by atoms with van der Waals surface area (Å²) in [6.45, 7) is 8.77. The number of carbonyl (C=O) groups is 1. The molecule has 1 fully saturated rings. The lowest BCUT2D eigenvalue weighted by atomic mass is 10.1. The number of hydrogen-bond acceptors (Lipinski definition) is 7. The van der Waals surface area contributed by atoms with Crippen LogP contribution in [0.25, 0.3) is 0 Å². The molecule has 1 aliphatic heterocycles. The first-order chi connectivity index (χ1) is 12.1. The summed E-state index contributed by atoms with van der Waals surface area (Å²) in [4.78, 5) is 21.0. The molecule has 8 nitrogen and oxygen atoms in total. The molecular weight excluding hydrogens is 322 g/mol. The molecule has 0 radical (unpaired) electrons. The Morgan fingerprint density at radius 2 is 1.96 bits per heavy atom. The van der Waals surface area contributed by atoms with E-state index in [4.69, 9.17) is 9.05 Å². The van der Waals surface area contributed by atoms with Gasteiger partial charge in [0.15, 0.2) is 0 Å². The first-order valence-electron chi connectivity index (χ1n) is 8.85. The minimum atomic E-state index is 0.171. The smallest absolute Gasteiger partial charge is 0.266 e. The number of aryl methyl sites for hydroxylation is 3. The molecule has 2 aromatic heterocycles. The number of rotatable bonds is 5. The number of amides is 1. The van der Waals surface area contributed by atoms with Crippen molar-refractivity contribution in [2.24, 2.45) is 0 Å². The minimum absolute atomic E-state index is 0.171. The molecule has 0 bridgehead atoms. The molecule has 3 heterocycles. The van der Waals surface area contributed by atoms with Gasteiger partial charge in [-0.3, -0.25) is 4.79 Å². The second kappa shape index (κ2) is 7.67. The van der Waals surface area contributed by atoms with Crippen molar-refractivity contribution in [3.05, 3.63) is 22.9 Å². The van der Waals surface area contributed by atoms with Gasteiger partial charge in [0.25, 0.3) is 5.95 Å². The van der Waals surface area contributed by atoms with Gasteiger partial charge in [-0.15, -0.1) is 0 Å². The summed E-state index contributed by atoms with van der Waals surface area (Å²) in [5.74, 6) is 2.24. The van der Waals surface area contributed by atoms with Gasteiger partial charge in [0, 0.05) is 44.6 Å². The maximum Gasteiger partial charge on any atom is 0.266 e. The third kappa shape index (κ3) is 4.00. The Morgan fingerprint density at radius 3 is 2.64 bits per heavy atom. The van der Waals surface area contributed by atoms with E-state index in [1.54, 1.807) is 0 Å². The van der Waals surface area contributed by atoms with Crippen LogP contribution < -0.4 is 4.90 Å². The van der Waals surface area contributed by atoms with Crippen LogP contribution >= 0.6 is 0 Å². The van der Waals surface area contributed by atoms with Gasteiger partial charge >= 0.3 is 0 Å². The zero-order valence-corrected chi connectivity index (χ0v) is 15.1. The van der Waals surface area contributed by atoms with E-state index in [0.717, 1.165) is 49.5 Å².